The molecule has 2 rings (SSSR count). The van der Waals surface area contributed by atoms with E-state index in [1.807, 2.05) is 19.2 Å². The number of fused-ring (bicyclic) bond motifs is 1. The zero-order valence-corrected chi connectivity index (χ0v) is 13.1. The molecule has 20 heavy (non-hydrogen) atoms. The Kier molecular flexibility index (Phi) is 4.86. The quantitative estimate of drug-likeness (QED) is 0.835. The monoisotopic (exact) mass is 311 g/mol. The zero-order chi connectivity index (χ0) is 14.7. The van der Waals surface area contributed by atoms with Gasteiger partial charge < -0.3 is 16.0 Å². The molecule has 0 aliphatic heterocycles. The van der Waals surface area contributed by atoms with Crippen molar-refractivity contribution in [2.24, 2.45) is 0 Å². The topological polar surface area (TPSA) is 58.4 Å². The van der Waals surface area contributed by atoms with Crippen LogP contribution in [0.25, 0.3) is 10.1 Å². The van der Waals surface area contributed by atoms with Crippen LogP contribution in [0.4, 0.5) is 5.69 Å². The van der Waals surface area contributed by atoms with Crippen LogP contribution in [-0.2, 0) is 0 Å². The van der Waals surface area contributed by atoms with Gasteiger partial charge in [-0.1, -0.05) is 17.7 Å². The van der Waals surface area contributed by atoms with Crippen LogP contribution in [0.1, 0.15) is 16.1 Å². The van der Waals surface area contributed by atoms with Crippen molar-refractivity contribution in [2.45, 2.75) is 6.42 Å². The molecule has 1 heterocycles. The van der Waals surface area contributed by atoms with Gasteiger partial charge in [-0.25, -0.2) is 0 Å². The van der Waals surface area contributed by atoms with Crippen LogP contribution in [0.15, 0.2) is 18.2 Å². The summed E-state index contributed by atoms with van der Waals surface area (Å²) in [6.45, 7) is 1.58. The van der Waals surface area contributed by atoms with Gasteiger partial charge >= 0.3 is 0 Å². The molecular weight excluding hydrogens is 294 g/mol. The van der Waals surface area contributed by atoms with E-state index in [1.54, 1.807) is 18.0 Å². The van der Waals surface area contributed by atoms with Crippen LogP contribution in [0.2, 0.25) is 5.02 Å². The lowest BCUT2D eigenvalue weighted by Gasteiger charge is -2.16. The summed E-state index contributed by atoms with van der Waals surface area (Å²) >= 11 is 7.55. The maximum atomic E-state index is 12.4. The number of hydrogen-bond acceptors (Lipinski definition) is 4. The highest BCUT2D eigenvalue weighted by molar-refractivity contribution is 7.21. The van der Waals surface area contributed by atoms with Gasteiger partial charge in [0.05, 0.1) is 10.7 Å². The van der Waals surface area contributed by atoms with Crippen LogP contribution in [0, 0.1) is 0 Å². The summed E-state index contributed by atoms with van der Waals surface area (Å²) in [6, 6.07) is 5.59. The van der Waals surface area contributed by atoms with E-state index in [9.17, 15) is 4.79 Å². The first-order valence-electron chi connectivity index (χ1n) is 6.42. The number of halogens is 1. The Morgan fingerprint density at radius 2 is 2.25 bits per heavy atom. The number of thiophene rings is 1. The lowest BCUT2D eigenvalue weighted by atomic mass is 10.2. The van der Waals surface area contributed by atoms with E-state index in [0.717, 1.165) is 23.1 Å². The van der Waals surface area contributed by atoms with E-state index >= 15 is 0 Å². The maximum Gasteiger partial charge on any atom is 0.265 e. The maximum absolute atomic E-state index is 12.4. The summed E-state index contributed by atoms with van der Waals surface area (Å²) in [5, 5.41) is 4.44. The first kappa shape index (κ1) is 15.1. The number of rotatable bonds is 5. The Morgan fingerprint density at radius 1 is 1.50 bits per heavy atom. The Bertz CT molecular complexity index is 626. The van der Waals surface area contributed by atoms with E-state index in [2.05, 4.69) is 5.32 Å². The highest BCUT2D eigenvalue weighted by atomic mass is 35.5. The molecule has 0 atom stereocenters. The van der Waals surface area contributed by atoms with Gasteiger partial charge in [-0.2, -0.15) is 0 Å². The predicted octanol–water partition coefficient (Wildman–Crippen LogP) is 2.82. The second-order valence-electron chi connectivity index (χ2n) is 4.64. The van der Waals surface area contributed by atoms with Gasteiger partial charge in [-0.15, -0.1) is 11.3 Å². The first-order valence-corrected chi connectivity index (χ1v) is 7.62. The molecule has 0 radical (unpaired) electrons. The van der Waals surface area contributed by atoms with Gasteiger partial charge in [0.2, 0.25) is 0 Å². The summed E-state index contributed by atoms with van der Waals surface area (Å²) in [4.78, 5) is 14.7. The molecule has 3 N–H and O–H groups in total. The molecule has 0 unspecified atom stereocenters. The fourth-order valence-electron chi connectivity index (χ4n) is 2.06. The third-order valence-corrected chi connectivity index (χ3v) is 4.64. The number of amides is 1. The van der Waals surface area contributed by atoms with E-state index in [0.29, 0.717) is 22.1 Å². The molecule has 0 saturated carbocycles. The van der Waals surface area contributed by atoms with Gasteiger partial charge in [0.15, 0.2) is 0 Å². The van der Waals surface area contributed by atoms with Crippen molar-refractivity contribution in [3.05, 3.63) is 28.1 Å². The largest absolute Gasteiger partial charge is 0.397 e. The molecule has 0 aliphatic carbocycles. The first-order chi connectivity index (χ1) is 9.56. The second kappa shape index (κ2) is 6.43. The van der Waals surface area contributed by atoms with Crippen LogP contribution in [0.5, 0.6) is 0 Å². The third-order valence-electron chi connectivity index (χ3n) is 3.16. The summed E-state index contributed by atoms with van der Waals surface area (Å²) in [5.74, 6) is -0.0455. The molecule has 0 fully saturated rings. The Labute approximate surface area is 127 Å². The number of nitrogens with two attached hydrogens (primary N) is 1. The van der Waals surface area contributed by atoms with Gasteiger partial charge in [-0.3, -0.25) is 4.79 Å². The standard InChI is InChI=1S/C14H18ClN3OS/c1-17-7-4-8-18(2)14(19)13-12(16)11-9(15)5-3-6-10(11)20-13/h3,5-6,17H,4,7-8,16H2,1-2H3. The summed E-state index contributed by atoms with van der Waals surface area (Å²) in [7, 11) is 3.69. The zero-order valence-electron chi connectivity index (χ0n) is 11.6. The van der Waals surface area contributed by atoms with Crippen molar-refractivity contribution in [3.8, 4) is 0 Å². The minimum Gasteiger partial charge on any atom is -0.397 e. The SMILES string of the molecule is CNCCCN(C)C(=O)c1sc2cccc(Cl)c2c1N. The number of carbonyl (C=O) groups is 1. The Hall–Kier alpha value is -1.30. The number of nitrogens with one attached hydrogen (secondary N) is 1. The van der Waals surface area contributed by atoms with Gasteiger partial charge in [0, 0.05) is 23.7 Å². The van der Waals surface area contributed by atoms with Crippen molar-refractivity contribution < 1.29 is 4.79 Å². The summed E-state index contributed by atoms with van der Waals surface area (Å²) < 4.78 is 0.946. The second-order valence-corrected chi connectivity index (χ2v) is 6.10. The van der Waals surface area contributed by atoms with Crippen LogP contribution in [-0.4, -0.2) is 38.0 Å². The summed E-state index contributed by atoms with van der Waals surface area (Å²) in [6.07, 6.45) is 0.907. The van der Waals surface area contributed by atoms with Gasteiger partial charge in [0.1, 0.15) is 4.88 Å². The minimum absolute atomic E-state index is 0.0455. The molecule has 1 aromatic carbocycles. The minimum atomic E-state index is -0.0455. The average molecular weight is 312 g/mol. The number of nitrogens with zero attached hydrogens (tertiary/aromatic N) is 1. The molecule has 4 nitrogen and oxygen atoms in total. The highest BCUT2D eigenvalue weighted by Crippen LogP contribution is 2.38. The fourth-order valence-corrected chi connectivity index (χ4v) is 3.53. The molecule has 108 valence electrons. The van der Waals surface area contributed by atoms with Crippen molar-refractivity contribution in [1.82, 2.24) is 10.2 Å². The lowest BCUT2D eigenvalue weighted by Crippen LogP contribution is -2.29. The van der Waals surface area contributed by atoms with Gasteiger partial charge in [-0.05, 0) is 32.1 Å². The fraction of sp³-hybridized carbons (Fsp3) is 0.357. The molecule has 2 aromatic rings. The molecular formula is C14H18ClN3OS. The van der Waals surface area contributed by atoms with Crippen molar-refractivity contribution >= 4 is 44.6 Å². The smallest absolute Gasteiger partial charge is 0.265 e. The third kappa shape index (κ3) is 2.90. The highest BCUT2D eigenvalue weighted by Gasteiger charge is 2.20. The molecule has 1 amide bonds. The summed E-state index contributed by atoms with van der Waals surface area (Å²) in [5.41, 5.74) is 6.59. The number of anilines is 1. The number of nitrogen functional groups attached to an aromatic ring is 1. The predicted molar refractivity (Wildman–Crippen MR) is 86.8 cm³/mol. The van der Waals surface area contributed by atoms with Crippen LogP contribution < -0.4 is 11.1 Å². The average Bonchev–Trinajstić information content (AvgIpc) is 2.76. The molecule has 0 spiro atoms. The van der Waals surface area contributed by atoms with E-state index in [-0.39, 0.29) is 5.91 Å². The van der Waals surface area contributed by atoms with E-state index in [1.165, 1.54) is 11.3 Å². The lowest BCUT2D eigenvalue weighted by molar-refractivity contribution is 0.0799. The molecule has 0 saturated heterocycles. The molecule has 0 aliphatic rings. The van der Waals surface area contributed by atoms with E-state index in [4.69, 9.17) is 17.3 Å². The number of carbonyl (C=O) groups excluding carboxylic acids is 1. The van der Waals surface area contributed by atoms with Crippen LogP contribution >= 0.6 is 22.9 Å². The number of benzene rings is 1. The number of hydrogen-bond donors (Lipinski definition) is 2. The van der Waals surface area contributed by atoms with Crippen molar-refractivity contribution in [2.75, 3.05) is 32.9 Å². The van der Waals surface area contributed by atoms with E-state index < -0.39 is 0 Å². The Morgan fingerprint density at radius 3 is 2.90 bits per heavy atom. The van der Waals surface area contributed by atoms with Gasteiger partial charge in [0.25, 0.3) is 5.91 Å². The molecule has 0 bridgehead atoms. The Balaban J connectivity index is 2.26. The normalized spacial score (nSPS) is 10.9. The van der Waals surface area contributed by atoms with Crippen molar-refractivity contribution in [1.29, 1.82) is 0 Å². The molecule has 1 aromatic heterocycles. The van der Waals surface area contributed by atoms with Crippen molar-refractivity contribution in [3.63, 3.8) is 0 Å². The van der Waals surface area contributed by atoms with Crippen LogP contribution in [0.3, 0.4) is 0 Å². The molecule has 6 heteroatoms.